The van der Waals surface area contributed by atoms with E-state index in [-0.39, 0.29) is 0 Å². The Balaban J connectivity index is 1.76. The smallest absolute Gasteiger partial charge is 0.0111 e. The SMILES string of the molecule is C(=Cc1ccccc1-c1ccc2ccccc2c1)c1ccccc1. The van der Waals surface area contributed by atoms with E-state index in [1.165, 1.54) is 33.0 Å². The Morgan fingerprint density at radius 3 is 2.08 bits per heavy atom. The molecule has 0 fully saturated rings. The second kappa shape index (κ2) is 6.55. The van der Waals surface area contributed by atoms with Crippen LogP contribution in [0.1, 0.15) is 11.1 Å². The van der Waals surface area contributed by atoms with E-state index in [1.54, 1.807) is 0 Å². The lowest BCUT2D eigenvalue weighted by Crippen LogP contribution is -1.83. The molecule has 0 aliphatic heterocycles. The van der Waals surface area contributed by atoms with Crippen molar-refractivity contribution in [2.75, 3.05) is 0 Å². The fourth-order valence-electron chi connectivity index (χ4n) is 3.01. The van der Waals surface area contributed by atoms with Crippen molar-refractivity contribution in [3.63, 3.8) is 0 Å². The Kier molecular flexibility index (Phi) is 3.95. The fraction of sp³-hybridized carbons (Fsp3) is 0. The van der Waals surface area contributed by atoms with Gasteiger partial charge in [-0.3, -0.25) is 0 Å². The van der Waals surface area contributed by atoms with Crippen LogP contribution in [0.5, 0.6) is 0 Å². The molecule has 0 bridgehead atoms. The van der Waals surface area contributed by atoms with Gasteiger partial charge >= 0.3 is 0 Å². The van der Waals surface area contributed by atoms with Crippen molar-refractivity contribution in [3.05, 3.63) is 108 Å². The third kappa shape index (κ3) is 3.00. The zero-order valence-corrected chi connectivity index (χ0v) is 13.4. The number of rotatable bonds is 3. The van der Waals surface area contributed by atoms with Crippen LogP contribution in [0.3, 0.4) is 0 Å². The molecule has 0 spiro atoms. The fourth-order valence-corrected chi connectivity index (χ4v) is 3.01. The van der Waals surface area contributed by atoms with Crippen LogP contribution < -0.4 is 0 Å². The molecule has 0 aromatic heterocycles. The summed E-state index contributed by atoms with van der Waals surface area (Å²) in [6.45, 7) is 0. The van der Waals surface area contributed by atoms with Crippen LogP contribution in [0.25, 0.3) is 34.1 Å². The van der Waals surface area contributed by atoms with Gasteiger partial charge in [0.1, 0.15) is 0 Å². The average Bonchev–Trinajstić information content (AvgIpc) is 2.67. The van der Waals surface area contributed by atoms with Gasteiger partial charge in [-0.25, -0.2) is 0 Å². The van der Waals surface area contributed by atoms with Crippen LogP contribution in [0.2, 0.25) is 0 Å². The maximum Gasteiger partial charge on any atom is -0.0111 e. The van der Waals surface area contributed by atoms with E-state index < -0.39 is 0 Å². The Bertz CT molecular complexity index is 994. The van der Waals surface area contributed by atoms with Crippen LogP contribution in [0.15, 0.2) is 97.1 Å². The first kappa shape index (κ1) is 14.5. The highest BCUT2D eigenvalue weighted by Gasteiger charge is 2.03. The largest absolute Gasteiger partial charge is 0.0622 e. The molecule has 0 radical (unpaired) electrons. The quantitative estimate of drug-likeness (QED) is 0.370. The Morgan fingerprint density at radius 2 is 1.21 bits per heavy atom. The van der Waals surface area contributed by atoms with Crippen molar-refractivity contribution in [3.8, 4) is 11.1 Å². The molecule has 24 heavy (non-hydrogen) atoms. The highest BCUT2D eigenvalue weighted by Crippen LogP contribution is 2.28. The normalized spacial score (nSPS) is 11.2. The first-order valence-electron chi connectivity index (χ1n) is 8.21. The summed E-state index contributed by atoms with van der Waals surface area (Å²) in [7, 11) is 0. The van der Waals surface area contributed by atoms with Gasteiger partial charge in [0.2, 0.25) is 0 Å². The van der Waals surface area contributed by atoms with Gasteiger partial charge in [0.15, 0.2) is 0 Å². The highest BCUT2D eigenvalue weighted by molar-refractivity contribution is 5.89. The van der Waals surface area contributed by atoms with Crippen molar-refractivity contribution < 1.29 is 0 Å². The summed E-state index contributed by atoms with van der Waals surface area (Å²) < 4.78 is 0. The zero-order valence-electron chi connectivity index (χ0n) is 13.4. The van der Waals surface area contributed by atoms with Gasteiger partial charge in [0, 0.05) is 0 Å². The summed E-state index contributed by atoms with van der Waals surface area (Å²) in [5.74, 6) is 0. The number of hydrogen-bond acceptors (Lipinski definition) is 0. The Hall–Kier alpha value is -3.12. The van der Waals surface area contributed by atoms with Crippen molar-refractivity contribution in [2.24, 2.45) is 0 Å². The lowest BCUT2D eigenvalue weighted by Gasteiger charge is -2.08. The van der Waals surface area contributed by atoms with Crippen molar-refractivity contribution in [2.45, 2.75) is 0 Å². The lowest BCUT2D eigenvalue weighted by molar-refractivity contribution is 1.61. The number of fused-ring (bicyclic) bond motifs is 1. The van der Waals surface area contributed by atoms with Crippen molar-refractivity contribution >= 4 is 22.9 Å². The second-order valence-electron chi connectivity index (χ2n) is 5.89. The predicted octanol–water partition coefficient (Wildman–Crippen LogP) is 6.68. The van der Waals surface area contributed by atoms with E-state index in [1.807, 2.05) is 6.07 Å². The van der Waals surface area contributed by atoms with Gasteiger partial charge in [-0.2, -0.15) is 0 Å². The molecular formula is C24H18. The van der Waals surface area contributed by atoms with Crippen molar-refractivity contribution in [1.82, 2.24) is 0 Å². The van der Waals surface area contributed by atoms with E-state index in [4.69, 9.17) is 0 Å². The Labute approximate surface area is 142 Å². The molecule has 114 valence electrons. The molecule has 0 nitrogen and oxygen atoms in total. The van der Waals surface area contributed by atoms with Crippen LogP contribution in [-0.4, -0.2) is 0 Å². The lowest BCUT2D eigenvalue weighted by atomic mass is 9.96. The molecule has 0 unspecified atom stereocenters. The van der Waals surface area contributed by atoms with Crippen LogP contribution >= 0.6 is 0 Å². The van der Waals surface area contributed by atoms with Gasteiger partial charge < -0.3 is 0 Å². The van der Waals surface area contributed by atoms with E-state index in [0.29, 0.717) is 0 Å². The minimum atomic E-state index is 1.21. The third-order valence-electron chi connectivity index (χ3n) is 4.28. The van der Waals surface area contributed by atoms with Gasteiger partial charge in [-0.05, 0) is 39.1 Å². The summed E-state index contributed by atoms with van der Waals surface area (Å²) in [6, 6.07) is 34.1. The van der Waals surface area contributed by atoms with Gasteiger partial charge in [-0.15, -0.1) is 0 Å². The molecule has 0 aliphatic carbocycles. The molecule has 0 heteroatoms. The topological polar surface area (TPSA) is 0 Å². The van der Waals surface area contributed by atoms with Gasteiger partial charge in [0.25, 0.3) is 0 Å². The van der Waals surface area contributed by atoms with Gasteiger partial charge in [-0.1, -0.05) is 103 Å². The summed E-state index contributed by atoms with van der Waals surface area (Å²) in [4.78, 5) is 0. The van der Waals surface area contributed by atoms with E-state index in [0.717, 1.165) is 0 Å². The average molecular weight is 306 g/mol. The minimum absolute atomic E-state index is 1.21. The summed E-state index contributed by atoms with van der Waals surface area (Å²) in [5.41, 5.74) is 4.96. The third-order valence-corrected chi connectivity index (χ3v) is 4.28. The van der Waals surface area contributed by atoms with E-state index >= 15 is 0 Å². The van der Waals surface area contributed by atoms with E-state index in [9.17, 15) is 0 Å². The summed E-state index contributed by atoms with van der Waals surface area (Å²) in [6.07, 6.45) is 4.36. The molecule has 0 atom stereocenters. The van der Waals surface area contributed by atoms with E-state index in [2.05, 4.69) is 103 Å². The second-order valence-corrected chi connectivity index (χ2v) is 5.89. The molecule has 4 aromatic carbocycles. The maximum absolute atomic E-state index is 2.27. The van der Waals surface area contributed by atoms with Crippen LogP contribution in [0, 0.1) is 0 Å². The molecule has 0 saturated heterocycles. The first-order valence-corrected chi connectivity index (χ1v) is 8.21. The molecule has 0 aliphatic rings. The predicted molar refractivity (Wildman–Crippen MR) is 105 cm³/mol. The van der Waals surface area contributed by atoms with Crippen molar-refractivity contribution in [1.29, 1.82) is 0 Å². The molecular weight excluding hydrogens is 288 g/mol. The number of benzene rings is 4. The summed E-state index contributed by atoms with van der Waals surface area (Å²) in [5, 5.41) is 2.55. The van der Waals surface area contributed by atoms with Crippen LogP contribution in [0.4, 0.5) is 0 Å². The summed E-state index contributed by atoms with van der Waals surface area (Å²) >= 11 is 0. The zero-order chi connectivity index (χ0) is 16.2. The minimum Gasteiger partial charge on any atom is -0.0622 e. The Morgan fingerprint density at radius 1 is 0.500 bits per heavy atom. The van der Waals surface area contributed by atoms with Gasteiger partial charge in [0.05, 0.1) is 0 Å². The monoisotopic (exact) mass is 306 g/mol. The molecule has 4 rings (SSSR count). The number of hydrogen-bond donors (Lipinski definition) is 0. The molecule has 0 N–H and O–H groups in total. The standard InChI is InChI=1S/C24H18/c1-2-8-19(9-3-1)14-15-21-11-6-7-13-24(21)23-17-16-20-10-4-5-12-22(20)18-23/h1-18H. The molecule has 0 heterocycles. The van der Waals surface area contributed by atoms with Crippen LogP contribution in [-0.2, 0) is 0 Å². The molecule has 0 saturated carbocycles. The molecule has 4 aromatic rings. The first-order chi connectivity index (χ1) is 11.9. The maximum atomic E-state index is 2.27. The highest BCUT2D eigenvalue weighted by atomic mass is 14.1. The molecule has 0 amide bonds.